The largest absolute Gasteiger partial charge is 0.481 e. The molecule has 5 heteroatoms. The smallest absolute Gasteiger partial charge is 0.318 e. The second-order valence-corrected chi connectivity index (χ2v) is 5.18. The van der Waals surface area contributed by atoms with E-state index in [1.165, 1.54) is 11.1 Å². The summed E-state index contributed by atoms with van der Waals surface area (Å²) in [7, 11) is 0. The van der Waals surface area contributed by atoms with E-state index in [0.717, 1.165) is 6.42 Å². The molecule has 0 bridgehead atoms. The number of amides is 2. The van der Waals surface area contributed by atoms with Crippen LogP contribution in [-0.2, 0) is 17.9 Å². The van der Waals surface area contributed by atoms with Crippen LogP contribution in [0.4, 0.5) is 4.79 Å². The standard InChI is InChI=1S/C15H20N2O3/c1-2-11(7-14(18)19)8-16-15(20)17-9-12-5-3-4-6-13(12)10-17/h3-6,11H,2,7-10H2,1H3,(H,16,20)(H,18,19). The highest BCUT2D eigenvalue weighted by molar-refractivity contribution is 5.75. The molecule has 0 spiro atoms. The Hall–Kier alpha value is -2.04. The molecule has 1 aromatic carbocycles. The Morgan fingerprint density at radius 3 is 2.40 bits per heavy atom. The summed E-state index contributed by atoms with van der Waals surface area (Å²) in [4.78, 5) is 24.5. The minimum Gasteiger partial charge on any atom is -0.481 e. The lowest BCUT2D eigenvalue weighted by molar-refractivity contribution is -0.138. The molecule has 1 heterocycles. The van der Waals surface area contributed by atoms with Crippen molar-refractivity contribution in [2.75, 3.05) is 6.54 Å². The molecule has 108 valence electrons. The van der Waals surface area contributed by atoms with Crippen LogP contribution in [0.15, 0.2) is 24.3 Å². The quantitative estimate of drug-likeness (QED) is 0.866. The zero-order chi connectivity index (χ0) is 14.5. The Morgan fingerprint density at radius 2 is 1.90 bits per heavy atom. The summed E-state index contributed by atoms with van der Waals surface area (Å²) in [5, 5.41) is 11.6. The number of hydrogen-bond acceptors (Lipinski definition) is 2. The molecule has 1 aliphatic rings. The van der Waals surface area contributed by atoms with Crippen LogP contribution in [0.2, 0.25) is 0 Å². The Kier molecular flexibility index (Phi) is 4.61. The highest BCUT2D eigenvalue weighted by Gasteiger charge is 2.23. The highest BCUT2D eigenvalue weighted by Crippen LogP contribution is 2.22. The first-order valence-corrected chi connectivity index (χ1v) is 6.91. The van der Waals surface area contributed by atoms with Crippen molar-refractivity contribution in [3.05, 3.63) is 35.4 Å². The predicted octanol–water partition coefficient (Wildman–Crippen LogP) is 2.21. The van der Waals surface area contributed by atoms with E-state index in [2.05, 4.69) is 5.32 Å². The van der Waals surface area contributed by atoms with Crippen LogP contribution in [0.25, 0.3) is 0 Å². The number of fused-ring (bicyclic) bond motifs is 1. The minimum atomic E-state index is -0.820. The monoisotopic (exact) mass is 276 g/mol. The molecular weight excluding hydrogens is 256 g/mol. The Labute approximate surface area is 118 Å². The predicted molar refractivity (Wildman–Crippen MR) is 75.1 cm³/mol. The molecule has 0 radical (unpaired) electrons. The third-order valence-electron chi connectivity index (χ3n) is 3.71. The fourth-order valence-electron chi connectivity index (χ4n) is 2.43. The minimum absolute atomic E-state index is 0.0126. The Morgan fingerprint density at radius 1 is 1.30 bits per heavy atom. The number of urea groups is 1. The maximum atomic E-state index is 12.1. The molecule has 0 aromatic heterocycles. The van der Waals surface area contributed by atoms with Crippen molar-refractivity contribution in [1.29, 1.82) is 0 Å². The van der Waals surface area contributed by atoms with Crippen LogP contribution in [0, 0.1) is 5.92 Å². The van der Waals surface area contributed by atoms with Gasteiger partial charge in [0.15, 0.2) is 0 Å². The first kappa shape index (κ1) is 14.4. The van der Waals surface area contributed by atoms with Crippen molar-refractivity contribution in [3.8, 4) is 0 Å². The van der Waals surface area contributed by atoms with Gasteiger partial charge >= 0.3 is 12.0 Å². The van der Waals surface area contributed by atoms with Crippen LogP contribution in [-0.4, -0.2) is 28.6 Å². The van der Waals surface area contributed by atoms with Crippen LogP contribution in [0.5, 0.6) is 0 Å². The number of aliphatic carboxylic acids is 1. The molecule has 0 aliphatic carbocycles. The molecule has 1 aliphatic heterocycles. The normalized spacial score (nSPS) is 14.8. The van der Waals surface area contributed by atoms with Crippen LogP contribution >= 0.6 is 0 Å². The fourth-order valence-corrected chi connectivity index (χ4v) is 2.43. The molecular formula is C15H20N2O3. The number of carbonyl (C=O) groups is 2. The molecule has 0 saturated carbocycles. The van der Waals surface area contributed by atoms with Crippen molar-refractivity contribution in [3.63, 3.8) is 0 Å². The Balaban J connectivity index is 1.83. The van der Waals surface area contributed by atoms with E-state index in [1.54, 1.807) is 4.90 Å². The number of rotatable bonds is 5. The zero-order valence-electron chi connectivity index (χ0n) is 11.6. The summed E-state index contributed by atoms with van der Waals surface area (Å²) in [6, 6.07) is 7.88. The van der Waals surface area contributed by atoms with Crippen LogP contribution in [0.3, 0.4) is 0 Å². The highest BCUT2D eigenvalue weighted by atomic mass is 16.4. The van der Waals surface area contributed by atoms with E-state index in [9.17, 15) is 9.59 Å². The summed E-state index contributed by atoms with van der Waals surface area (Å²) in [5.74, 6) is -0.832. The molecule has 2 N–H and O–H groups in total. The van der Waals surface area contributed by atoms with Gasteiger partial charge in [-0.1, -0.05) is 37.6 Å². The summed E-state index contributed by atoms with van der Waals surface area (Å²) in [6.07, 6.45) is 0.837. The van der Waals surface area contributed by atoms with E-state index < -0.39 is 5.97 Å². The van der Waals surface area contributed by atoms with Gasteiger partial charge in [-0.05, 0) is 17.0 Å². The molecule has 20 heavy (non-hydrogen) atoms. The van der Waals surface area contributed by atoms with Gasteiger partial charge in [-0.3, -0.25) is 4.79 Å². The summed E-state index contributed by atoms with van der Waals surface area (Å²) >= 11 is 0. The van der Waals surface area contributed by atoms with Gasteiger partial charge in [0.25, 0.3) is 0 Å². The maximum Gasteiger partial charge on any atom is 0.318 e. The topological polar surface area (TPSA) is 69.6 Å². The Bertz CT molecular complexity index is 477. The van der Waals surface area contributed by atoms with Crippen molar-refractivity contribution < 1.29 is 14.7 Å². The van der Waals surface area contributed by atoms with Crippen LogP contribution < -0.4 is 5.32 Å². The van der Waals surface area contributed by atoms with Gasteiger partial charge in [0.05, 0.1) is 0 Å². The number of carbonyl (C=O) groups excluding carboxylic acids is 1. The number of nitrogens with zero attached hydrogens (tertiary/aromatic N) is 1. The molecule has 2 amide bonds. The lowest BCUT2D eigenvalue weighted by Gasteiger charge is -2.19. The van der Waals surface area contributed by atoms with Gasteiger partial charge in [0, 0.05) is 26.1 Å². The average molecular weight is 276 g/mol. The molecule has 1 unspecified atom stereocenters. The van der Waals surface area contributed by atoms with Gasteiger partial charge in [-0.15, -0.1) is 0 Å². The van der Waals surface area contributed by atoms with E-state index in [4.69, 9.17) is 5.11 Å². The lowest BCUT2D eigenvalue weighted by Crippen LogP contribution is -2.39. The molecule has 1 aromatic rings. The van der Waals surface area contributed by atoms with E-state index in [0.29, 0.717) is 19.6 Å². The van der Waals surface area contributed by atoms with Crippen molar-refractivity contribution in [1.82, 2.24) is 10.2 Å². The molecule has 2 rings (SSSR count). The number of carboxylic acids is 1. The molecule has 5 nitrogen and oxygen atoms in total. The molecule has 1 atom stereocenters. The summed E-state index contributed by atoms with van der Waals surface area (Å²) in [6.45, 7) is 3.59. The van der Waals surface area contributed by atoms with Gasteiger partial charge in [-0.2, -0.15) is 0 Å². The average Bonchev–Trinajstić information content (AvgIpc) is 2.86. The lowest BCUT2D eigenvalue weighted by atomic mass is 10.0. The van der Waals surface area contributed by atoms with Gasteiger partial charge in [0.1, 0.15) is 0 Å². The second kappa shape index (κ2) is 6.41. The molecule has 0 fully saturated rings. The second-order valence-electron chi connectivity index (χ2n) is 5.18. The van der Waals surface area contributed by atoms with Gasteiger partial charge in [-0.25, -0.2) is 4.79 Å². The first-order valence-electron chi connectivity index (χ1n) is 6.91. The zero-order valence-corrected chi connectivity index (χ0v) is 11.6. The van der Waals surface area contributed by atoms with E-state index in [-0.39, 0.29) is 18.4 Å². The number of benzene rings is 1. The molecule has 0 saturated heterocycles. The fraction of sp³-hybridized carbons (Fsp3) is 0.467. The van der Waals surface area contributed by atoms with Crippen LogP contribution in [0.1, 0.15) is 30.9 Å². The number of hydrogen-bond donors (Lipinski definition) is 2. The van der Waals surface area contributed by atoms with E-state index >= 15 is 0 Å². The number of nitrogens with one attached hydrogen (secondary N) is 1. The maximum absolute atomic E-state index is 12.1. The van der Waals surface area contributed by atoms with Crippen molar-refractivity contribution in [2.45, 2.75) is 32.9 Å². The summed E-state index contributed by atoms with van der Waals surface area (Å²) in [5.41, 5.74) is 2.36. The summed E-state index contributed by atoms with van der Waals surface area (Å²) < 4.78 is 0. The van der Waals surface area contributed by atoms with Crippen molar-refractivity contribution in [2.24, 2.45) is 5.92 Å². The third-order valence-corrected chi connectivity index (χ3v) is 3.71. The third kappa shape index (κ3) is 3.50. The van der Waals surface area contributed by atoms with Gasteiger partial charge in [0.2, 0.25) is 0 Å². The number of carboxylic acid groups (broad SMARTS) is 1. The van der Waals surface area contributed by atoms with E-state index in [1.807, 2.05) is 31.2 Å². The SMILES string of the molecule is CCC(CNC(=O)N1Cc2ccccc2C1)CC(=O)O. The van der Waals surface area contributed by atoms with Crippen molar-refractivity contribution >= 4 is 12.0 Å². The first-order chi connectivity index (χ1) is 9.60. The van der Waals surface area contributed by atoms with Gasteiger partial charge < -0.3 is 15.3 Å².